The average Bonchev–Trinajstić information content (AvgIpc) is 3.60. The van der Waals surface area contributed by atoms with E-state index in [1.54, 1.807) is 12.1 Å². The Bertz CT molecular complexity index is 1660. The SMILES string of the molecule is C#C[C@@H](O)[C@@H](O[C@@H](CO)COC(Cc1cc(C)on1)(C(=O)O)C(=O)O)n1cnc2c(NCc3ccc(F)cc3)nc(Cl)nc21. The number of nitrogens with one attached hydrogen (secondary N) is 1. The van der Waals surface area contributed by atoms with Gasteiger partial charge in [0.25, 0.3) is 5.60 Å². The Labute approximate surface area is 253 Å². The number of aliphatic hydroxyl groups excluding tert-OH is 2. The summed E-state index contributed by atoms with van der Waals surface area (Å²) >= 11 is 6.15. The number of carboxylic acids is 2. The molecule has 4 aromatic rings. The number of aliphatic hydroxyl groups is 2. The number of aliphatic carboxylic acids is 2. The molecule has 0 aliphatic rings. The highest BCUT2D eigenvalue weighted by Crippen LogP contribution is 2.28. The number of carbonyl (C=O) groups is 2. The normalized spacial score (nSPS) is 13.7. The fourth-order valence-corrected chi connectivity index (χ4v) is 4.27. The molecular formula is C27H26ClFN6O9. The molecule has 0 bridgehead atoms. The van der Waals surface area contributed by atoms with Crippen LogP contribution in [0.3, 0.4) is 0 Å². The van der Waals surface area contributed by atoms with Gasteiger partial charge in [-0.3, -0.25) is 4.57 Å². The second kappa shape index (κ2) is 13.8. The first-order chi connectivity index (χ1) is 21.0. The Morgan fingerprint density at radius 1 is 1.25 bits per heavy atom. The van der Waals surface area contributed by atoms with Gasteiger partial charge in [-0.2, -0.15) is 9.97 Å². The van der Waals surface area contributed by atoms with Gasteiger partial charge in [-0.1, -0.05) is 23.2 Å². The molecule has 15 nitrogen and oxygen atoms in total. The van der Waals surface area contributed by atoms with Crippen LogP contribution in [0.1, 0.15) is 23.2 Å². The highest BCUT2D eigenvalue weighted by atomic mass is 35.5. The minimum absolute atomic E-state index is 0.000290. The molecule has 0 spiro atoms. The summed E-state index contributed by atoms with van der Waals surface area (Å²) in [7, 11) is 0. The summed E-state index contributed by atoms with van der Waals surface area (Å²) in [5.74, 6) is -1.46. The molecule has 0 saturated heterocycles. The molecule has 1 aromatic carbocycles. The molecule has 5 N–H and O–H groups in total. The first-order valence-corrected chi connectivity index (χ1v) is 13.2. The molecule has 0 amide bonds. The summed E-state index contributed by atoms with van der Waals surface area (Å²) in [6.45, 7) is 0.177. The van der Waals surface area contributed by atoms with Gasteiger partial charge in [0.1, 0.15) is 17.7 Å². The number of fused-ring (bicyclic) bond motifs is 1. The highest BCUT2D eigenvalue weighted by Gasteiger charge is 2.49. The second-order valence-electron chi connectivity index (χ2n) is 9.44. The monoisotopic (exact) mass is 632 g/mol. The van der Waals surface area contributed by atoms with E-state index in [0.717, 1.165) is 5.56 Å². The van der Waals surface area contributed by atoms with Crippen molar-refractivity contribution in [3.05, 3.63) is 64.8 Å². The zero-order valence-electron chi connectivity index (χ0n) is 22.9. The number of ether oxygens (including phenoxy) is 2. The number of aryl methyl sites for hydroxylation is 1. The third-order valence-corrected chi connectivity index (χ3v) is 6.50. The number of aromatic nitrogens is 5. The number of rotatable bonds is 15. The molecule has 3 heterocycles. The van der Waals surface area contributed by atoms with Crippen molar-refractivity contribution in [2.45, 2.75) is 43.9 Å². The molecule has 17 heteroatoms. The summed E-state index contributed by atoms with van der Waals surface area (Å²) < 4.78 is 30.5. The van der Waals surface area contributed by atoms with Gasteiger partial charge in [-0.15, -0.1) is 6.42 Å². The van der Waals surface area contributed by atoms with E-state index < -0.39 is 61.4 Å². The topological polar surface area (TPSA) is 215 Å². The minimum atomic E-state index is -2.83. The lowest BCUT2D eigenvalue weighted by atomic mass is 9.97. The van der Waals surface area contributed by atoms with Crippen LogP contribution >= 0.6 is 11.6 Å². The standard InChI is InChI=1S/C27H26ClFN6O9/c1-3-19(37)23(43-18(11-36)12-42-27(24(38)39,25(40)41)9-17-8-14(2)44-34-17)35-13-31-20-21(32-26(28)33-22(20)35)30-10-15-4-6-16(29)7-5-15/h1,4-8,13,18-19,23,36-37H,9-12H2,2H3,(H,38,39)(H,40,41)(H,30,32,33)/t18-,19+,23+/m0/s1. The minimum Gasteiger partial charge on any atom is -0.479 e. The van der Waals surface area contributed by atoms with E-state index in [4.69, 9.17) is 32.0 Å². The van der Waals surface area contributed by atoms with Crippen molar-refractivity contribution in [2.75, 3.05) is 18.5 Å². The van der Waals surface area contributed by atoms with Gasteiger partial charge in [0.15, 0.2) is 29.3 Å². The molecule has 0 unspecified atom stereocenters. The molecular weight excluding hydrogens is 607 g/mol. The van der Waals surface area contributed by atoms with Crippen molar-refractivity contribution in [2.24, 2.45) is 0 Å². The molecule has 0 aliphatic heterocycles. The molecule has 0 saturated carbocycles. The molecule has 0 aliphatic carbocycles. The maximum Gasteiger partial charge on any atom is 0.348 e. The predicted octanol–water partition coefficient (Wildman–Crippen LogP) is 1.56. The van der Waals surface area contributed by atoms with E-state index in [0.29, 0.717) is 5.76 Å². The fraction of sp³-hybridized carbons (Fsp3) is 0.333. The molecule has 3 aromatic heterocycles. The number of benzene rings is 1. The number of terminal acetylenes is 1. The van der Waals surface area contributed by atoms with E-state index in [-0.39, 0.29) is 34.5 Å². The van der Waals surface area contributed by atoms with Gasteiger partial charge in [-0.05, 0) is 36.2 Å². The highest BCUT2D eigenvalue weighted by molar-refractivity contribution is 6.28. The first kappa shape index (κ1) is 32.3. The number of imidazole rings is 1. The van der Waals surface area contributed by atoms with Crippen LogP contribution in [0.5, 0.6) is 0 Å². The predicted molar refractivity (Wildman–Crippen MR) is 149 cm³/mol. The van der Waals surface area contributed by atoms with Crippen LogP contribution in [0.2, 0.25) is 5.28 Å². The Morgan fingerprint density at radius 2 is 1.95 bits per heavy atom. The lowest BCUT2D eigenvalue weighted by molar-refractivity contribution is -0.195. The third-order valence-electron chi connectivity index (χ3n) is 6.33. The lowest BCUT2D eigenvalue weighted by Crippen LogP contribution is -2.52. The van der Waals surface area contributed by atoms with Crippen LogP contribution in [0.4, 0.5) is 10.2 Å². The van der Waals surface area contributed by atoms with Gasteiger partial charge >= 0.3 is 11.9 Å². The van der Waals surface area contributed by atoms with E-state index in [1.165, 1.54) is 36.0 Å². The summed E-state index contributed by atoms with van der Waals surface area (Å²) in [4.78, 5) is 36.8. The van der Waals surface area contributed by atoms with Gasteiger partial charge in [0.05, 0.1) is 25.2 Å². The Kier molecular flexibility index (Phi) is 10.1. The average molecular weight is 633 g/mol. The van der Waals surface area contributed by atoms with Crippen molar-refractivity contribution in [3.63, 3.8) is 0 Å². The van der Waals surface area contributed by atoms with Crippen LogP contribution in [-0.2, 0) is 32.0 Å². The van der Waals surface area contributed by atoms with Crippen molar-refractivity contribution >= 4 is 40.5 Å². The molecule has 0 fully saturated rings. The molecule has 44 heavy (non-hydrogen) atoms. The Balaban J connectivity index is 1.59. The van der Waals surface area contributed by atoms with Crippen LogP contribution in [0, 0.1) is 25.1 Å². The fourth-order valence-electron chi connectivity index (χ4n) is 4.10. The zero-order valence-corrected chi connectivity index (χ0v) is 23.7. The number of halogens is 2. The number of anilines is 1. The molecule has 0 radical (unpaired) electrons. The summed E-state index contributed by atoms with van der Waals surface area (Å²) in [6.07, 6.45) is 1.38. The summed E-state index contributed by atoms with van der Waals surface area (Å²) in [5, 5.41) is 46.7. The van der Waals surface area contributed by atoms with Crippen molar-refractivity contribution in [1.29, 1.82) is 0 Å². The van der Waals surface area contributed by atoms with Gasteiger partial charge in [0.2, 0.25) is 5.28 Å². The van der Waals surface area contributed by atoms with Crippen LogP contribution < -0.4 is 5.32 Å². The van der Waals surface area contributed by atoms with Crippen molar-refractivity contribution in [1.82, 2.24) is 24.7 Å². The maximum atomic E-state index is 13.3. The first-order valence-electron chi connectivity index (χ1n) is 12.8. The Hall–Kier alpha value is -4.66. The van der Waals surface area contributed by atoms with Crippen LogP contribution in [0.25, 0.3) is 11.2 Å². The summed E-state index contributed by atoms with van der Waals surface area (Å²) in [5.41, 5.74) is -1.87. The smallest absolute Gasteiger partial charge is 0.348 e. The molecule has 4 rings (SSSR count). The van der Waals surface area contributed by atoms with E-state index in [1.807, 2.05) is 0 Å². The third kappa shape index (κ3) is 7.10. The molecule has 3 atom stereocenters. The second-order valence-corrected chi connectivity index (χ2v) is 9.78. The van der Waals surface area contributed by atoms with Gasteiger partial charge in [-0.25, -0.2) is 19.0 Å². The lowest BCUT2D eigenvalue weighted by Gasteiger charge is -2.29. The molecule has 232 valence electrons. The number of hydrogen-bond donors (Lipinski definition) is 5. The number of hydrogen-bond acceptors (Lipinski definition) is 12. The van der Waals surface area contributed by atoms with Crippen molar-refractivity contribution in [3.8, 4) is 12.3 Å². The van der Waals surface area contributed by atoms with Crippen LogP contribution in [0.15, 0.2) is 41.2 Å². The van der Waals surface area contributed by atoms with Crippen LogP contribution in [-0.4, -0.2) is 88.1 Å². The zero-order chi connectivity index (χ0) is 32.0. The van der Waals surface area contributed by atoms with E-state index in [9.17, 15) is 34.4 Å². The van der Waals surface area contributed by atoms with Crippen molar-refractivity contribution < 1.29 is 48.4 Å². The Morgan fingerprint density at radius 3 is 2.55 bits per heavy atom. The quantitative estimate of drug-likeness (QED) is 0.0714. The van der Waals surface area contributed by atoms with E-state index in [2.05, 4.69) is 31.3 Å². The summed E-state index contributed by atoms with van der Waals surface area (Å²) in [6, 6.07) is 7.09. The van der Waals surface area contributed by atoms with Gasteiger partial charge < -0.3 is 39.7 Å². The largest absolute Gasteiger partial charge is 0.479 e. The number of nitrogens with zero attached hydrogens (tertiary/aromatic N) is 5. The number of carboxylic acid groups (broad SMARTS) is 2. The van der Waals surface area contributed by atoms with E-state index >= 15 is 0 Å². The van der Waals surface area contributed by atoms with Gasteiger partial charge in [0, 0.05) is 19.0 Å². The maximum absolute atomic E-state index is 13.3.